The van der Waals surface area contributed by atoms with Gasteiger partial charge >= 0.3 is 0 Å². The van der Waals surface area contributed by atoms with Crippen LogP contribution in [0.1, 0.15) is 52.1 Å². The van der Waals surface area contributed by atoms with Gasteiger partial charge in [0.05, 0.1) is 17.5 Å². The summed E-state index contributed by atoms with van der Waals surface area (Å²) in [5.41, 5.74) is 6.38. The largest absolute Gasteiger partial charge is 0.297 e. The van der Waals surface area contributed by atoms with Crippen molar-refractivity contribution < 1.29 is 9.59 Å². The SMILES string of the molecule is O=C1CCC(N2Cc3cc(CN4CCN(C(c5ccccc5)c5ccccc5)CC4)ccc3C2S)C(=O)N1. The van der Waals surface area contributed by atoms with Gasteiger partial charge in [0, 0.05) is 45.7 Å². The highest BCUT2D eigenvalue weighted by Crippen LogP contribution is 2.39. The van der Waals surface area contributed by atoms with E-state index >= 15 is 0 Å². The molecule has 3 aromatic rings. The van der Waals surface area contributed by atoms with Crippen molar-refractivity contribution in [2.45, 2.75) is 43.4 Å². The van der Waals surface area contributed by atoms with E-state index in [1.807, 2.05) is 0 Å². The van der Waals surface area contributed by atoms with E-state index in [1.165, 1.54) is 27.8 Å². The molecule has 6 rings (SSSR count). The second-order valence-electron chi connectivity index (χ2n) is 10.6. The van der Waals surface area contributed by atoms with Gasteiger partial charge in [-0.1, -0.05) is 78.9 Å². The zero-order chi connectivity index (χ0) is 26.1. The number of benzene rings is 3. The van der Waals surface area contributed by atoms with Gasteiger partial charge in [-0.3, -0.25) is 29.6 Å². The summed E-state index contributed by atoms with van der Waals surface area (Å²) in [6, 6.07) is 28.3. The Morgan fingerprint density at radius 1 is 0.868 bits per heavy atom. The molecule has 0 bridgehead atoms. The minimum Gasteiger partial charge on any atom is -0.297 e. The number of piperazine rings is 1. The third-order valence-electron chi connectivity index (χ3n) is 8.17. The maximum absolute atomic E-state index is 12.5. The number of carbonyl (C=O) groups is 2. The van der Waals surface area contributed by atoms with Crippen LogP contribution in [0.25, 0.3) is 0 Å². The lowest BCUT2D eigenvalue weighted by molar-refractivity contribution is -0.137. The number of amides is 2. The van der Waals surface area contributed by atoms with E-state index in [9.17, 15) is 9.59 Å². The number of hydrogen-bond acceptors (Lipinski definition) is 6. The number of nitrogens with zero attached hydrogens (tertiary/aromatic N) is 3. The van der Waals surface area contributed by atoms with Crippen molar-refractivity contribution in [2.24, 2.45) is 0 Å². The second kappa shape index (κ2) is 11.0. The number of piperidine rings is 1. The van der Waals surface area contributed by atoms with Gasteiger partial charge < -0.3 is 0 Å². The first kappa shape index (κ1) is 25.3. The number of thiol groups is 1. The lowest BCUT2D eigenvalue weighted by Crippen LogP contribution is -2.51. The molecule has 0 spiro atoms. The van der Waals surface area contributed by atoms with Gasteiger partial charge in [0.2, 0.25) is 11.8 Å². The topological polar surface area (TPSA) is 55.9 Å². The highest BCUT2D eigenvalue weighted by atomic mass is 32.1. The maximum atomic E-state index is 12.5. The first-order valence-corrected chi connectivity index (χ1v) is 14.0. The molecule has 7 heteroatoms. The van der Waals surface area contributed by atoms with Crippen LogP contribution in [0.4, 0.5) is 0 Å². The monoisotopic (exact) mass is 526 g/mol. The second-order valence-corrected chi connectivity index (χ2v) is 11.1. The molecular weight excluding hydrogens is 492 g/mol. The van der Waals surface area contributed by atoms with Crippen molar-refractivity contribution in [1.82, 2.24) is 20.0 Å². The smallest absolute Gasteiger partial charge is 0.243 e. The molecule has 6 nitrogen and oxygen atoms in total. The Hall–Kier alpha value is -2.97. The number of nitrogens with one attached hydrogen (secondary N) is 1. The van der Waals surface area contributed by atoms with Crippen molar-refractivity contribution in [3.8, 4) is 0 Å². The Morgan fingerprint density at radius 2 is 1.53 bits per heavy atom. The Labute approximate surface area is 230 Å². The van der Waals surface area contributed by atoms with Crippen LogP contribution in [0.2, 0.25) is 0 Å². The Kier molecular flexibility index (Phi) is 7.34. The number of fused-ring (bicyclic) bond motifs is 1. The molecule has 3 aliphatic heterocycles. The van der Waals surface area contributed by atoms with Crippen molar-refractivity contribution >= 4 is 24.4 Å². The standard InChI is InChI=1S/C31H34N4O2S/c36-28-14-13-27(30(37)32-28)35-21-25-19-22(11-12-26(25)31(35)38)20-33-15-17-34(18-16-33)29(23-7-3-1-4-8-23)24-9-5-2-6-10-24/h1-12,19,27,29,31,38H,13-18,20-21H2,(H,32,36,37). The van der Waals surface area contributed by atoms with Crippen LogP contribution in [-0.2, 0) is 22.7 Å². The first-order chi connectivity index (χ1) is 18.6. The summed E-state index contributed by atoms with van der Waals surface area (Å²) in [6.45, 7) is 5.67. The van der Waals surface area contributed by atoms with E-state index in [1.54, 1.807) is 0 Å². The van der Waals surface area contributed by atoms with E-state index in [2.05, 4.69) is 98.9 Å². The molecule has 0 aliphatic carbocycles. The predicted octanol–water partition coefficient (Wildman–Crippen LogP) is 4.14. The highest BCUT2D eigenvalue weighted by molar-refractivity contribution is 7.80. The van der Waals surface area contributed by atoms with Crippen LogP contribution in [0.3, 0.4) is 0 Å². The summed E-state index contributed by atoms with van der Waals surface area (Å²) < 4.78 is 0. The van der Waals surface area contributed by atoms with Crippen LogP contribution in [0.15, 0.2) is 78.9 Å². The average Bonchev–Trinajstić information content (AvgIpc) is 3.26. The summed E-state index contributed by atoms with van der Waals surface area (Å²) in [5, 5.41) is 2.36. The van der Waals surface area contributed by atoms with Crippen molar-refractivity contribution in [3.63, 3.8) is 0 Å². The Balaban J connectivity index is 1.10. The minimum atomic E-state index is -0.304. The van der Waals surface area contributed by atoms with Gasteiger partial charge in [0.1, 0.15) is 0 Å². The van der Waals surface area contributed by atoms with Crippen LogP contribution in [0.5, 0.6) is 0 Å². The molecule has 2 unspecified atom stereocenters. The fourth-order valence-electron chi connectivity index (χ4n) is 6.21. The zero-order valence-electron chi connectivity index (χ0n) is 21.5. The zero-order valence-corrected chi connectivity index (χ0v) is 22.4. The quantitative estimate of drug-likeness (QED) is 0.374. The summed E-state index contributed by atoms with van der Waals surface area (Å²) in [6.07, 6.45) is 0.941. The summed E-state index contributed by atoms with van der Waals surface area (Å²) in [5.74, 6) is -0.379. The molecule has 0 saturated carbocycles. The number of carbonyl (C=O) groups excluding carboxylic acids is 2. The summed E-state index contributed by atoms with van der Waals surface area (Å²) in [7, 11) is 0. The van der Waals surface area contributed by atoms with E-state index in [-0.39, 0.29) is 29.3 Å². The third kappa shape index (κ3) is 5.16. The van der Waals surface area contributed by atoms with Gasteiger partial charge in [-0.2, -0.15) is 12.6 Å². The molecule has 38 heavy (non-hydrogen) atoms. The van der Waals surface area contributed by atoms with Gasteiger partial charge in [0.15, 0.2) is 0 Å². The van der Waals surface area contributed by atoms with E-state index in [0.717, 1.165) is 32.7 Å². The molecule has 1 N–H and O–H groups in total. The van der Waals surface area contributed by atoms with E-state index in [4.69, 9.17) is 12.6 Å². The maximum Gasteiger partial charge on any atom is 0.243 e. The molecule has 0 radical (unpaired) electrons. The van der Waals surface area contributed by atoms with Gasteiger partial charge in [-0.25, -0.2) is 0 Å². The third-order valence-corrected chi connectivity index (χ3v) is 8.75. The van der Waals surface area contributed by atoms with E-state index in [0.29, 0.717) is 19.4 Å². The average molecular weight is 527 g/mol. The molecule has 2 atom stereocenters. The molecule has 3 aromatic carbocycles. The van der Waals surface area contributed by atoms with Crippen LogP contribution < -0.4 is 5.32 Å². The molecule has 0 aromatic heterocycles. The fourth-order valence-corrected chi connectivity index (χ4v) is 6.70. The number of rotatable bonds is 6. The van der Waals surface area contributed by atoms with Crippen molar-refractivity contribution in [2.75, 3.05) is 26.2 Å². The van der Waals surface area contributed by atoms with Gasteiger partial charge in [0.25, 0.3) is 0 Å². The Morgan fingerprint density at radius 3 is 2.16 bits per heavy atom. The lowest BCUT2D eigenvalue weighted by atomic mass is 9.96. The summed E-state index contributed by atoms with van der Waals surface area (Å²) >= 11 is 4.84. The molecule has 196 valence electrons. The number of imide groups is 1. The van der Waals surface area contributed by atoms with Crippen LogP contribution >= 0.6 is 12.6 Å². The van der Waals surface area contributed by atoms with Crippen LogP contribution in [-0.4, -0.2) is 58.7 Å². The normalized spacial score (nSPS) is 23.0. The van der Waals surface area contributed by atoms with Gasteiger partial charge in [-0.05, 0) is 34.2 Å². The first-order valence-electron chi connectivity index (χ1n) is 13.5. The molecule has 2 fully saturated rings. The van der Waals surface area contributed by atoms with Crippen LogP contribution in [0, 0.1) is 0 Å². The molecule has 3 aliphatic rings. The van der Waals surface area contributed by atoms with Crippen molar-refractivity contribution in [3.05, 3.63) is 107 Å². The Bertz CT molecular complexity index is 1250. The highest BCUT2D eigenvalue weighted by Gasteiger charge is 2.39. The van der Waals surface area contributed by atoms with E-state index < -0.39 is 0 Å². The predicted molar refractivity (Wildman–Crippen MR) is 151 cm³/mol. The fraction of sp³-hybridized carbons (Fsp3) is 0.355. The molecular formula is C31H34N4O2S. The minimum absolute atomic E-state index is 0.126. The number of hydrogen-bond donors (Lipinski definition) is 2. The lowest BCUT2D eigenvalue weighted by Gasteiger charge is -2.40. The summed E-state index contributed by atoms with van der Waals surface area (Å²) in [4.78, 5) is 31.3. The molecule has 2 saturated heterocycles. The van der Waals surface area contributed by atoms with Crippen molar-refractivity contribution in [1.29, 1.82) is 0 Å². The molecule has 3 heterocycles. The molecule has 2 amide bonds. The van der Waals surface area contributed by atoms with Gasteiger partial charge in [-0.15, -0.1) is 0 Å².